The van der Waals surface area contributed by atoms with Crippen molar-refractivity contribution in [1.82, 2.24) is 9.21 Å². The zero-order valence-corrected chi connectivity index (χ0v) is 10.7. The molecule has 0 radical (unpaired) electrons. The predicted octanol–water partition coefficient (Wildman–Crippen LogP) is 0.136. The number of nitrogens with zero attached hydrogens (tertiary/aromatic N) is 2. The second kappa shape index (κ2) is 6.07. The fraction of sp³-hybridized carbons (Fsp3) is 0.889. The summed E-state index contributed by atoms with van der Waals surface area (Å²) in [5.41, 5.74) is 0. The Labute approximate surface area is 92.1 Å². The predicted molar refractivity (Wildman–Crippen MR) is 60.0 cm³/mol. The minimum Gasteiger partial charge on any atom is -0.343 e. The summed E-state index contributed by atoms with van der Waals surface area (Å²) in [6, 6.07) is 0. The summed E-state index contributed by atoms with van der Waals surface area (Å²) in [7, 11) is -0.318. The highest BCUT2D eigenvalue weighted by molar-refractivity contribution is 7.89. The summed E-state index contributed by atoms with van der Waals surface area (Å²) in [6.45, 7) is 5.00. The molecular weight excluding hydrogens is 216 g/mol. The molecule has 0 bridgehead atoms. The molecule has 0 saturated heterocycles. The first-order chi connectivity index (χ1) is 6.85. The standard InChI is InChI=1S/C9H20N2O3S/c1-5-11(6-2)9(12)7-8-15(13,14)10(3)4/h5-8H2,1-4H3. The van der Waals surface area contributed by atoms with Gasteiger partial charge in [-0.1, -0.05) is 0 Å². The van der Waals surface area contributed by atoms with Crippen molar-refractivity contribution in [2.75, 3.05) is 32.9 Å². The third-order valence-electron chi connectivity index (χ3n) is 2.25. The van der Waals surface area contributed by atoms with Gasteiger partial charge < -0.3 is 4.90 Å². The highest BCUT2D eigenvalue weighted by atomic mass is 32.2. The van der Waals surface area contributed by atoms with Gasteiger partial charge in [0.15, 0.2) is 0 Å². The van der Waals surface area contributed by atoms with E-state index in [1.54, 1.807) is 4.90 Å². The molecule has 6 heteroatoms. The van der Waals surface area contributed by atoms with Crippen molar-refractivity contribution in [3.63, 3.8) is 0 Å². The van der Waals surface area contributed by atoms with E-state index in [1.165, 1.54) is 14.1 Å². The lowest BCUT2D eigenvalue weighted by atomic mass is 10.4. The van der Waals surface area contributed by atoms with Crippen molar-refractivity contribution in [3.8, 4) is 0 Å². The van der Waals surface area contributed by atoms with E-state index in [0.717, 1.165) is 4.31 Å². The molecule has 90 valence electrons. The molecule has 0 saturated carbocycles. The van der Waals surface area contributed by atoms with Crippen LogP contribution in [0.5, 0.6) is 0 Å². The molecule has 5 nitrogen and oxygen atoms in total. The Balaban J connectivity index is 4.23. The number of hydrogen-bond donors (Lipinski definition) is 0. The fourth-order valence-electron chi connectivity index (χ4n) is 1.13. The third-order valence-corrected chi connectivity index (χ3v) is 4.08. The molecule has 0 spiro atoms. The SMILES string of the molecule is CCN(CC)C(=O)CCS(=O)(=O)N(C)C. The Bertz CT molecular complexity index is 294. The van der Waals surface area contributed by atoms with Crippen LogP contribution in [0.4, 0.5) is 0 Å². The van der Waals surface area contributed by atoms with Crippen molar-refractivity contribution in [2.45, 2.75) is 20.3 Å². The van der Waals surface area contributed by atoms with Gasteiger partial charge in [0.05, 0.1) is 5.75 Å². The Hall–Kier alpha value is -0.620. The Morgan fingerprint density at radius 3 is 1.93 bits per heavy atom. The van der Waals surface area contributed by atoms with E-state index in [9.17, 15) is 13.2 Å². The summed E-state index contributed by atoms with van der Waals surface area (Å²) >= 11 is 0. The number of rotatable bonds is 6. The van der Waals surface area contributed by atoms with Crippen LogP contribution in [0.1, 0.15) is 20.3 Å². The summed E-state index contributed by atoms with van der Waals surface area (Å²) in [6.07, 6.45) is 0.0577. The maximum Gasteiger partial charge on any atom is 0.223 e. The number of hydrogen-bond acceptors (Lipinski definition) is 3. The molecule has 0 aliphatic heterocycles. The Morgan fingerprint density at radius 2 is 1.60 bits per heavy atom. The second-order valence-corrected chi connectivity index (χ2v) is 5.72. The van der Waals surface area contributed by atoms with Crippen LogP contribution in [0.3, 0.4) is 0 Å². The van der Waals surface area contributed by atoms with Crippen molar-refractivity contribution < 1.29 is 13.2 Å². The molecule has 0 aliphatic rings. The monoisotopic (exact) mass is 236 g/mol. The molecular formula is C9H20N2O3S. The van der Waals surface area contributed by atoms with E-state index in [0.29, 0.717) is 13.1 Å². The zero-order chi connectivity index (χ0) is 12.1. The van der Waals surface area contributed by atoms with E-state index in [-0.39, 0.29) is 18.1 Å². The molecule has 0 aromatic rings. The van der Waals surface area contributed by atoms with Crippen LogP contribution in [0.2, 0.25) is 0 Å². The Kier molecular flexibility index (Phi) is 5.82. The van der Waals surface area contributed by atoms with Gasteiger partial charge in [-0.15, -0.1) is 0 Å². The van der Waals surface area contributed by atoms with E-state index in [4.69, 9.17) is 0 Å². The molecule has 0 fully saturated rings. The maximum absolute atomic E-state index is 11.5. The van der Waals surface area contributed by atoms with Crippen LogP contribution in [0.15, 0.2) is 0 Å². The van der Waals surface area contributed by atoms with E-state index in [2.05, 4.69) is 0 Å². The van der Waals surface area contributed by atoms with Gasteiger partial charge in [-0.25, -0.2) is 12.7 Å². The molecule has 0 atom stereocenters. The van der Waals surface area contributed by atoms with Gasteiger partial charge in [0, 0.05) is 33.6 Å². The Morgan fingerprint density at radius 1 is 1.13 bits per heavy atom. The van der Waals surface area contributed by atoms with E-state index >= 15 is 0 Å². The lowest BCUT2D eigenvalue weighted by Gasteiger charge is -2.19. The topological polar surface area (TPSA) is 57.7 Å². The van der Waals surface area contributed by atoms with Crippen LogP contribution >= 0.6 is 0 Å². The molecule has 1 amide bonds. The largest absolute Gasteiger partial charge is 0.343 e. The van der Waals surface area contributed by atoms with Gasteiger partial charge in [-0.2, -0.15) is 0 Å². The van der Waals surface area contributed by atoms with Crippen molar-refractivity contribution >= 4 is 15.9 Å². The van der Waals surface area contributed by atoms with Gasteiger partial charge in [-0.3, -0.25) is 4.79 Å². The van der Waals surface area contributed by atoms with Crippen molar-refractivity contribution in [3.05, 3.63) is 0 Å². The van der Waals surface area contributed by atoms with Crippen LogP contribution in [0, 0.1) is 0 Å². The van der Waals surface area contributed by atoms with E-state index < -0.39 is 10.0 Å². The molecule has 0 aliphatic carbocycles. The summed E-state index contributed by atoms with van der Waals surface area (Å²) in [5.74, 6) is -0.222. The van der Waals surface area contributed by atoms with Crippen molar-refractivity contribution in [2.24, 2.45) is 0 Å². The lowest BCUT2D eigenvalue weighted by Crippen LogP contribution is -2.33. The quantitative estimate of drug-likeness (QED) is 0.659. The number of carbonyl (C=O) groups excluding carboxylic acids is 1. The van der Waals surface area contributed by atoms with Crippen LogP contribution < -0.4 is 0 Å². The average Bonchev–Trinajstić information content (AvgIpc) is 2.16. The van der Waals surface area contributed by atoms with Gasteiger partial charge in [0.2, 0.25) is 15.9 Å². The first kappa shape index (κ1) is 14.4. The first-order valence-corrected chi connectivity index (χ1v) is 6.64. The highest BCUT2D eigenvalue weighted by Crippen LogP contribution is 2.00. The van der Waals surface area contributed by atoms with Gasteiger partial charge in [-0.05, 0) is 13.8 Å². The van der Waals surface area contributed by atoms with Crippen molar-refractivity contribution in [1.29, 1.82) is 0 Å². The zero-order valence-electron chi connectivity index (χ0n) is 9.86. The first-order valence-electron chi connectivity index (χ1n) is 5.03. The molecule has 0 unspecified atom stereocenters. The van der Waals surface area contributed by atoms with Gasteiger partial charge in [0.25, 0.3) is 0 Å². The molecule has 0 N–H and O–H groups in total. The normalized spacial score (nSPS) is 11.8. The number of sulfonamides is 1. The highest BCUT2D eigenvalue weighted by Gasteiger charge is 2.17. The third kappa shape index (κ3) is 4.61. The van der Waals surface area contributed by atoms with Gasteiger partial charge >= 0.3 is 0 Å². The average molecular weight is 236 g/mol. The van der Waals surface area contributed by atoms with Crippen LogP contribution in [0.25, 0.3) is 0 Å². The lowest BCUT2D eigenvalue weighted by molar-refractivity contribution is -0.130. The summed E-state index contributed by atoms with van der Waals surface area (Å²) < 4.78 is 23.9. The minimum atomic E-state index is -3.26. The molecule has 0 aromatic heterocycles. The molecule has 0 rings (SSSR count). The molecule has 15 heavy (non-hydrogen) atoms. The molecule has 0 aromatic carbocycles. The van der Waals surface area contributed by atoms with Gasteiger partial charge in [0.1, 0.15) is 0 Å². The summed E-state index contributed by atoms with van der Waals surface area (Å²) in [4.78, 5) is 13.1. The fourth-order valence-corrected chi connectivity index (χ4v) is 1.93. The number of amides is 1. The second-order valence-electron chi connectivity index (χ2n) is 3.41. The molecule has 0 heterocycles. The van der Waals surface area contributed by atoms with Crippen LogP contribution in [-0.4, -0.2) is 56.5 Å². The minimum absolute atomic E-state index is 0.0577. The van der Waals surface area contributed by atoms with E-state index in [1.807, 2.05) is 13.8 Å². The summed E-state index contributed by atoms with van der Waals surface area (Å²) in [5, 5.41) is 0. The number of carbonyl (C=O) groups is 1. The maximum atomic E-state index is 11.5. The van der Waals surface area contributed by atoms with Crippen LogP contribution in [-0.2, 0) is 14.8 Å². The smallest absolute Gasteiger partial charge is 0.223 e.